The number of halogens is 1. The van der Waals surface area contributed by atoms with Gasteiger partial charge >= 0.3 is 0 Å². The molecule has 0 aliphatic carbocycles. The Morgan fingerprint density at radius 2 is 1.81 bits per heavy atom. The predicted octanol–water partition coefficient (Wildman–Crippen LogP) is 4.26. The zero-order valence-electron chi connectivity index (χ0n) is 20.5. The number of amides is 2. The Morgan fingerprint density at radius 3 is 2.59 bits per heavy atom. The molecule has 3 aromatic rings. The summed E-state index contributed by atoms with van der Waals surface area (Å²) in [5.41, 5.74) is 2.13. The molecule has 0 spiro atoms. The van der Waals surface area contributed by atoms with E-state index in [1.807, 2.05) is 30.3 Å². The average molecular weight is 523 g/mol. The molecule has 3 aromatic carbocycles. The lowest BCUT2D eigenvalue weighted by Gasteiger charge is -2.21. The third-order valence-electron chi connectivity index (χ3n) is 6.79. The van der Waals surface area contributed by atoms with Crippen LogP contribution in [0, 0.1) is 5.92 Å². The summed E-state index contributed by atoms with van der Waals surface area (Å²) in [5, 5.41) is 3.41. The van der Waals surface area contributed by atoms with Crippen LogP contribution in [-0.4, -0.2) is 50.8 Å². The Balaban J connectivity index is 1.40. The molecule has 0 unspecified atom stereocenters. The number of carbonyl (C=O) groups excluding carboxylic acids is 2. The predicted molar refractivity (Wildman–Crippen MR) is 138 cm³/mol. The topological polar surface area (TPSA) is 86.3 Å². The minimum Gasteiger partial charge on any atom is -0.497 e. The molecule has 8 nitrogen and oxygen atoms in total. The molecule has 1 N–H and O–H groups in total. The molecule has 9 heteroatoms. The van der Waals surface area contributed by atoms with Crippen LogP contribution >= 0.6 is 11.6 Å². The van der Waals surface area contributed by atoms with Crippen LogP contribution in [-0.2, 0) is 11.3 Å². The third kappa shape index (κ3) is 5.02. The highest BCUT2D eigenvalue weighted by Crippen LogP contribution is 2.40. The number of benzene rings is 3. The van der Waals surface area contributed by atoms with Crippen LogP contribution in [0.2, 0.25) is 5.02 Å². The summed E-state index contributed by atoms with van der Waals surface area (Å²) in [6, 6.07) is 18.0. The van der Waals surface area contributed by atoms with Gasteiger partial charge in [-0.15, -0.1) is 0 Å². The Morgan fingerprint density at radius 1 is 1.00 bits per heavy atom. The fourth-order valence-electron chi connectivity index (χ4n) is 4.85. The van der Waals surface area contributed by atoms with Gasteiger partial charge in [0.2, 0.25) is 12.7 Å². The van der Waals surface area contributed by atoms with E-state index in [0.717, 1.165) is 11.1 Å². The smallest absolute Gasteiger partial charge is 0.255 e. The highest BCUT2D eigenvalue weighted by molar-refractivity contribution is 6.33. The van der Waals surface area contributed by atoms with Crippen LogP contribution in [0.25, 0.3) is 0 Å². The quantitative estimate of drug-likeness (QED) is 0.499. The van der Waals surface area contributed by atoms with E-state index in [2.05, 4.69) is 5.32 Å². The highest BCUT2D eigenvalue weighted by Gasteiger charge is 2.42. The maximum absolute atomic E-state index is 13.5. The van der Waals surface area contributed by atoms with Crippen LogP contribution in [0.3, 0.4) is 0 Å². The first-order valence-corrected chi connectivity index (χ1v) is 12.3. The van der Waals surface area contributed by atoms with Gasteiger partial charge in [0.15, 0.2) is 11.5 Å². The fraction of sp³-hybridized carbons (Fsp3) is 0.286. The maximum atomic E-state index is 13.5. The minimum atomic E-state index is -0.497. The monoisotopic (exact) mass is 522 g/mol. The molecule has 5 rings (SSSR count). The first kappa shape index (κ1) is 24.8. The third-order valence-corrected chi connectivity index (χ3v) is 7.12. The first-order chi connectivity index (χ1) is 18.0. The van der Waals surface area contributed by atoms with Gasteiger partial charge in [0, 0.05) is 37.2 Å². The number of likely N-dealkylation sites (tertiary alicyclic amines) is 1. The Kier molecular flexibility index (Phi) is 7.10. The number of fused-ring (bicyclic) bond motifs is 1. The van der Waals surface area contributed by atoms with Gasteiger partial charge in [-0.25, -0.2) is 0 Å². The number of nitrogens with zero attached hydrogens (tertiary/aromatic N) is 1. The molecule has 2 atom stereocenters. The molecule has 1 fully saturated rings. The summed E-state index contributed by atoms with van der Waals surface area (Å²) in [7, 11) is 3.16. The molecule has 192 valence electrons. The number of nitrogens with one attached hydrogen (secondary N) is 1. The van der Waals surface area contributed by atoms with E-state index in [-0.39, 0.29) is 31.1 Å². The van der Waals surface area contributed by atoms with Gasteiger partial charge in [-0.1, -0.05) is 35.9 Å². The van der Waals surface area contributed by atoms with Gasteiger partial charge in [0.1, 0.15) is 11.5 Å². The summed E-state index contributed by atoms with van der Waals surface area (Å²) in [6.07, 6.45) is 0. The molecule has 0 radical (unpaired) electrons. The van der Waals surface area contributed by atoms with E-state index in [1.54, 1.807) is 49.5 Å². The summed E-state index contributed by atoms with van der Waals surface area (Å²) < 4.78 is 21.8. The fourth-order valence-corrected chi connectivity index (χ4v) is 5.07. The van der Waals surface area contributed by atoms with Gasteiger partial charge in [-0.05, 0) is 35.9 Å². The molecule has 2 aliphatic rings. The number of hydrogen-bond donors (Lipinski definition) is 1. The molecular formula is C28H27ClN2O6. The zero-order valence-corrected chi connectivity index (χ0v) is 21.3. The molecule has 37 heavy (non-hydrogen) atoms. The molecule has 2 amide bonds. The van der Waals surface area contributed by atoms with Crippen LogP contribution in [0.1, 0.15) is 27.4 Å². The van der Waals surface area contributed by atoms with Gasteiger partial charge < -0.3 is 29.2 Å². The SMILES string of the molecule is COc1ccc([C@H]2CN(C(=O)c3ccccc3Cl)C[C@@H]2C(=O)NCc2ccc3c(c2)OCO3)c(OC)c1. The molecule has 2 heterocycles. The highest BCUT2D eigenvalue weighted by atomic mass is 35.5. The summed E-state index contributed by atoms with van der Waals surface area (Å²) >= 11 is 6.31. The van der Waals surface area contributed by atoms with Crippen molar-refractivity contribution in [1.82, 2.24) is 10.2 Å². The Hall–Kier alpha value is -3.91. The maximum Gasteiger partial charge on any atom is 0.255 e. The second-order valence-corrected chi connectivity index (χ2v) is 9.32. The van der Waals surface area contributed by atoms with Crippen molar-refractivity contribution in [2.24, 2.45) is 5.92 Å². The lowest BCUT2D eigenvalue weighted by atomic mass is 9.87. The second kappa shape index (κ2) is 10.6. The Bertz CT molecular complexity index is 1330. The van der Waals surface area contributed by atoms with E-state index in [0.29, 0.717) is 46.7 Å². The normalized spacial score (nSPS) is 18.0. The summed E-state index contributed by atoms with van der Waals surface area (Å²) in [5.74, 6) is 1.43. The summed E-state index contributed by atoms with van der Waals surface area (Å²) in [4.78, 5) is 28.6. The second-order valence-electron chi connectivity index (χ2n) is 8.92. The van der Waals surface area contributed by atoms with Gasteiger partial charge in [0.05, 0.1) is 30.7 Å². The molecule has 0 saturated carbocycles. The first-order valence-electron chi connectivity index (χ1n) is 11.9. The lowest BCUT2D eigenvalue weighted by Crippen LogP contribution is -2.35. The van der Waals surface area contributed by atoms with Crippen LogP contribution in [0.5, 0.6) is 23.0 Å². The summed E-state index contributed by atoms with van der Waals surface area (Å²) in [6.45, 7) is 1.09. The molecule has 2 aliphatic heterocycles. The van der Waals surface area contributed by atoms with E-state index in [9.17, 15) is 9.59 Å². The number of hydrogen-bond acceptors (Lipinski definition) is 6. The largest absolute Gasteiger partial charge is 0.497 e. The molecule has 0 aromatic heterocycles. The minimum absolute atomic E-state index is 0.157. The van der Waals surface area contributed by atoms with Crippen molar-refractivity contribution in [3.05, 3.63) is 82.4 Å². The van der Waals surface area contributed by atoms with Crippen molar-refractivity contribution in [2.45, 2.75) is 12.5 Å². The molecule has 0 bridgehead atoms. The molecule has 1 saturated heterocycles. The number of carbonyl (C=O) groups is 2. The van der Waals surface area contributed by atoms with Gasteiger partial charge in [-0.3, -0.25) is 9.59 Å². The number of ether oxygens (including phenoxy) is 4. The van der Waals surface area contributed by atoms with Gasteiger partial charge in [0.25, 0.3) is 5.91 Å². The van der Waals surface area contributed by atoms with Crippen molar-refractivity contribution in [3.8, 4) is 23.0 Å². The van der Waals surface area contributed by atoms with E-state index >= 15 is 0 Å². The van der Waals surface area contributed by atoms with Crippen molar-refractivity contribution in [2.75, 3.05) is 34.1 Å². The average Bonchev–Trinajstić information content (AvgIpc) is 3.58. The van der Waals surface area contributed by atoms with Crippen molar-refractivity contribution in [3.63, 3.8) is 0 Å². The van der Waals surface area contributed by atoms with Crippen LogP contribution < -0.4 is 24.3 Å². The zero-order chi connectivity index (χ0) is 25.9. The lowest BCUT2D eigenvalue weighted by molar-refractivity contribution is -0.125. The van der Waals surface area contributed by atoms with Crippen molar-refractivity contribution in [1.29, 1.82) is 0 Å². The van der Waals surface area contributed by atoms with Crippen molar-refractivity contribution < 1.29 is 28.5 Å². The van der Waals surface area contributed by atoms with E-state index in [1.165, 1.54) is 0 Å². The Labute approximate surface area is 220 Å². The van der Waals surface area contributed by atoms with E-state index in [4.69, 9.17) is 30.5 Å². The van der Waals surface area contributed by atoms with Crippen molar-refractivity contribution >= 4 is 23.4 Å². The van der Waals surface area contributed by atoms with Crippen LogP contribution in [0.15, 0.2) is 60.7 Å². The van der Waals surface area contributed by atoms with Crippen LogP contribution in [0.4, 0.5) is 0 Å². The standard InChI is InChI=1S/C28H27ClN2O6/c1-34-18-8-9-19(25(12-18)35-2)21-14-31(28(33)20-5-3-4-6-23(20)29)15-22(21)27(32)30-13-17-7-10-24-26(11-17)37-16-36-24/h3-12,21-22H,13-16H2,1-2H3,(H,30,32)/t21-,22+/m1/s1. The number of methoxy groups -OCH3 is 2. The van der Waals surface area contributed by atoms with Gasteiger partial charge in [-0.2, -0.15) is 0 Å². The van der Waals surface area contributed by atoms with E-state index < -0.39 is 5.92 Å². The molecular weight excluding hydrogens is 496 g/mol. The number of rotatable bonds is 7.